The summed E-state index contributed by atoms with van der Waals surface area (Å²) in [4.78, 5) is 11.2. The smallest absolute Gasteiger partial charge is 0.268 e. The zero-order valence-corrected chi connectivity index (χ0v) is 18.9. The van der Waals surface area contributed by atoms with Gasteiger partial charge in [0.05, 0.1) is 21.0 Å². The van der Waals surface area contributed by atoms with Gasteiger partial charge >= 0.3 is 6.18 Å². The number of carbonyl (C=O) groups excluding carboxylic acids is 1. The van der Waals surface area contributed by atoms with Gasteiger partial charge in [-0.25, -0.2) is 21.6 Å². The predicted octanol–water partition coefficient (Wildman–Crippen LogP) is 3.58. The first-order valence-electron chi connectivity index (χ1n) is 9.85. The third-order valence-electron chi connectivity index (χ3n) is 5.26. The Morgan fingerprint density at radius 1 is 0.853 bits per heavy atom. The fourth-order valence-electron chi connectivity index (χ4n) is 3.63. The maximum atomic E-state index is 13.2. The van der Waals surface area contributed by atoms with E-state index in [1.807, 2.05) is 12.1 Å². The van der Waals surface area contributed by atoms with Crippen LogP contribution in [0.1, 0.15) is 21.5 Å². The first-order valence-corrected chi connectivity index (χ1v) is 12.8. The summed E-state index contributed by atoms with van der Waals surface area (Å²) >= 11 is 0. The minimum Gasteiger partial charge on any atom is -0.268 e. The van der Waals surface area contributed by atoms with Crippen LogP contribution in [0.5, 0.6) is 0 Å². The van der Waals surface area contributed by atoms with Gasteiger partial charge in [-0.3, -0.25) is 9.10 Å². The number of nitrogens with zero attached hydrogens (tertiary/aromatic N) is 1. The Bertz CT molecular complexity index is 1470. The van der Waals surface area contributed by atoms with Crippen LogP contribution in [0.4, 0.5) is 18.9 Å². The van der Waals surface area contributed by atoms with E-state index in [4.69, 9.17) is 0 Å². The molecule has 1 aliphatic heterocycles. The highest BCUT2D eigenvalue weighted by Gasteiger charge is 2.37. The van der Waals surface area contributed by atoms with Crippen LogP contribution in [0.3, 0.4) is 0 Å². The zero-order chi connectivity index (χ0) is 24.7. The molecule has 0 spiro atoms. The number of amides is 1. The molecule has 0 saturated carbocycles. The highest BCUT2D eigenvalue weighted by Crippen LogP contribution is 2.34. The first kappa shape index (κ1) is 23.8. The number of fused-ring (bicyclic) bond motifs is 1. The number of hydrogen-bond acceptors (Lipinski definition) is 5. The number of anilines is 1. The molecule has 1 aliphatic rings. The average molecular weight is 511 g/mol. The van der Waals surface area contributed by atoms with E-state index in [0.717, 1.165) is 48.0 Å². The second-order valence-corrected chi connectivity index (χ2v) is 10.9. The van der Waals surface area contributed by atoms with Crippen LogP contribution in [-0.4, -0.2) is 29.3 Å². The molecule has 0 unspecified atom stereocenters. The van der Waals surface area contributed by atoms with Crippen molar-refractivity contribution in [2.45, 2.75) is 22.4 Å². The van der Waals surface area contributed by atoms with Crippen molar-refractivity contribution in [1.82, 2.24) is 4.72 Å². The Kier molecular flexibility index (Phi) is 5.90. The minimum atomic E-state index is -4.95. The van der Waals surface area contributed by atoms with Crippen molar-refractivity contribution in [1.29, 1.82) is 0 Å². The molecule has 0 bridgehead atoms. The van der Waals surface area contributed by atoms with Crippen LogP contribution < -0.4 is 9.03 Å². The van der Waals surface area contributed by atoms with E-state index in [1.54, 1.807) is 16.9 Å². The third-order valence-corrected chi connectivity index (χ3v) is 8.47. The lowest BCUT2D eigenvalue weighted by molar-refractivity contribution is -0.139. The number of benzene rings is 3. The number of nitrogens with one attached hydrogen (secondary N) is 1. The van der Waals surface area contributed by atoms with Gasteiger partial charge in [0, 0.05) is 12.1 Å². The lowest BCUT2D eigenvalue weighted by Gasteiger charge is -2.19. The standard InChI is InChI=1S/C22H17F3N2O5S2/c23-22(24,25)18-6-2-4-8-20(18)33(29,30)26-21(28)16-9-11-17(12-10-16)34(31,32)27-14-13-15-5-1-3-7-19(15)27/h1-12H,13-14H2,(H,26,28). The van der Waals surface area contributed by atoms with E-state index in [9.17, 15) is 34.8 Å². The van der Waals surface area contributed by atoms with Gasteiger partial charge in [-0.15, -0.1) is 0 Å². The summed E-state index contributed by atoms with van der Waals surface area (Å²) in [7, 11) is -8.79. The van der Waals surface area contributed by atoms with Crippen molar-refractivity contribution >= 4 is 31.6 Å². The predicted molar refractivity (Wildman–Crippen MR) is 117 cm³/mol. The number of hydrogen-bond donors (Lipinski definition) is 1. The number of sulfonamides is 2. The SMILES string of the molecule is O=C(NS(=O)(=O)c1ccccc1C(F)(F)F)c1ccc(S(=O)(=O)N2CCc3ccccc32)cc1. The van der Waals surface area contributed by atoms with Crippen molar-refractivity contribution < 1.29 is 34.8 Å². The van der Waals surface area contributed by atoms with Gasteiger partial charge < -0.3 is 0 Å². The molecule has 0 atom stereocenters. The van der Waals surface area contributed by atoms with Gasteiger partial charge in [-0.05, 0) is 54.4 Å². The van der Waals surface area contributed by atoms with E-state index < -0.39 is 42.6 Å². The number of carbonyl (C=O) groups is 1. The molecule has 0 radical (unpaired) electrons. The van der Waals surface area contributed by atoms with Gasteiger partial charge in [-0.1, -0.05) is 30.3 Å². The molecule has 1 amide bonds. The van der Waals surface area contributed by atoms with Gasteiger partial charge in [0.15, 0.2) is 0 Å². The van der Waals surface area contributed by atoms with Crippen molar-refractivity contribution in [2.24, 2.45) is 0 Å². The summed E-state index contributed by atoms with van der Waals surface area (Å²) < 4.78 is 93.4. The maximum Gasteiger partial charge on any atom is 0.417 e. The van der Waals surface area contributed by atoms with Crippen LogP contribution in [0.2, 0.25) is 0 Å². The Morgan fingerprint density at radius 3 is 2.15 bits per heavy atom. The van der Waals surface area contributed by atoms with Gasteiger partial charge in [-0.2, -0.15) is 13.2 Å². The molecule has 0 saturated heterocycles. The summed E-state index contributed by atoms with van der Waals surface area (Å²) in [5.74, 6) is -1.20. The van der Waals surface area contributed by atoms with E-state index >= 15 is 0 Å². The quantitative estimate of drug-likeness (QED) is 0.566. The van der Waals surface area contributed by atoms with Gasteiger partial charge in [0.25, 0.3) is 26.0 Å². The molecule has 3 aromatic rings. The Hall–Kier alpha value is -3.38. The number of alkyl halides is 3. The zero-order valence-electron chi connectivity index (χ0n) is 17.3. The highest BCUT2D eigenvalue weighted by molar-refractivity contribution is 7.92. The lowest BCUT2D eigenvalue weighted by Crippen LogP contribution is -2.32. The molecule has 1 heterocycles. The molecule has 0 aliphatic carbocycles. The Balaban J connectivity index is 1.57. The van der Waals surface area contributed by atoms with Crippen LogP contribution in [0, 0.1) is 0 Å². The summed E-state index contributed by atoms with van der Waals surface area (Å²) in [5.41, 5.74) is -0.221. The normalized spacial score (nSPS) is 14.0. The maximum absolute atomic E-state index is 13.2. The fourth-order valence-corrected chi connectivity index (χ4v) is 6.34. The van der Waals surface area contributed by atoms with E-state index in [2.05, 4.69) is 0 Å². The fraction of sp³-hybridized carbons (Fsp3) is 0.136. The van der Waals surface area contributed by atoms with Crippen molar-refractivity contribution in [3.8, 4) is 0 Å². The molecular weight excluding hydrogens is 493 g/mol. The van der Waals surface area contributed by atoms with E-state index in [1.165, 1.54) is 4.31 Å². The molecule has 0 aromatic heterocycles. The van der Waals surface area contributed by atoms with Crippen LogP contribution >= 0.6 is 0 Å². The second kappa shape index (κ2) is 8.44. The molecule has 178 valence electrons. The van der Waals surface area contributed by atoms with E-state index in [-0.39, 0.29) is 17.0 Å². The van der Waals surface area contributed by atoms with Crippen molar-refractivity contribution in [2.75, 3.05) is 10.8 Å². The average Bonchev–Trinajstić information content (AvgIpc) is 3.23. The molecule has 12 heteroatoms. The van der Waals surface area contributed by atoms with Crippen molar-refractivity contribution in [3.63, 3.8) is 0 Å². The largest absolute Gasteiger partial charge is 0.417 e. The topological polar surface area (TPSA) is 101 Å². The van der Waals surface area contributed by atoms with Crippen molar-refractivity contribution in [3.05, 3.63) is 89.5 Å². The Morgan fingerprint density at radius 2 is 1.47 bits per heavy atom. The molecule has 1 N–H and O–H groups in total. The minimum absolute atomic E-state index is 0.119. The highest BCUT2D eigenvalue weighted by atomic mass is 32.2. The molecule has 34 heavy (non-hydrogen) atoms. The monoisotopic (exact) mass is 510 g/mol. The third kappa shape index (κ3) is 4.38. The van der Waals surface area contributed by atoms with Gasteiger partial charge in [0.2, 0.25) is 0 Å². The molecule has 3 aromatic carbocycles. The molecular formula is C22H17F3N2O5S2. The number of para-hydroxylation sites is 1. The molecule has 4 rings (SSSR count). The van der Waals surface area contributed by atoms with E-state index in [0.29, 0.717) is 18.2 Å². The first-order chi connectivity index (χ1) is 15.9. The summed E-state index contributed by atoms with van der Waals surface area (Å²) in [6.07, 6.45) is -4.40. The lowest BCUT2D eigenvalue weighted by atomic mass is 10.2. The number of halogens is 3. The van der Waals surface area contributed by atoms with Crippen LogP contribution in [0.25, 0.3) is 0 Å². The van der Waals surface area contributed by atoms with Crippen LogP contribution in [-0.2, 0) is 32.6 Å². The van der Waals surface area contributed by atoms with Gasteiger partial charge in [0.1, 0.15) is 0 Å². The van der Waals surface area contributed by atoms with Crippen LogP contribution in [0.15, 0.2) is 82.6 Å². The molecule has 0 fully saturated rings. The summed E-state index contributed by atoms with van der Waals surface area (Å²) in [5, 5.41) is 0. The summed E-state index contributed by atoms with van der Waals surface area (Å²) in [6, 6.07) is 15.0. The Labute approximate surface area is 193 Å². The second-order valence-electron chi connectivity index (χ2n) is 7.41. The molecule has 7 nitrogen and oxygen atoms in total. The summed E-state index contributed by atoms with van der Waals surface area (Å²) in [6.45, 7) is 0.251. The number of rotatable bonds is 5.